The Hall–Kier alpha value is -4.43. The van der Waals surface area contributed by atoms with Crippen LogP contribution in [-0.4, -0.2) is 457 Å². The maximum Gasteiger partial charge on any atom is 0.364 e. The van der Waals surface area contributed by atoms with Crippen LogP contribution in [0.15, 0.2) is 12.2 Å². The SMILES string of the molecule is CCCCCCCCCCCCC/C=C/[C@@H](O)[C@H](CO[C@@H]1OC(CO)[C@@H](O[C@@H]2OC(CO[C@@H]3OC(CO)[C@@H](O)[C@H](O[C@H]4OC(C)[C@@H](O)C(O)[C@@H]4O)C3NC(C)=O)[C@H](O)[C@H](O[C@@H]3OC(CO)[C@@H](O[C@H]4OC(C)[C@@H](O)C(O)[C@@H]4O)[C@H](O[C@@H]4OC(CO)[C@H](O)[C@H](O[C@]5(C(=O)O)CC(O)[C@@H](NC(C)=O)C([C@H](O)[C@H](O)CO)O5)C4O)C3NC(C)=O)C2O)[C@H](O)C1O)NC(=O)CCCCCCCCCCCCCCCCC. The molecule has 0 saturated carbocycles. The monoisotopic (exact) mass is 2040 g/mol. The van der Waals surface area contributed by atoms with Gasteiger partial charge in [-0.05, 0) is 33.1 Å². The van der Waals surface area contributed by atoms with Gasteiger partial charge in [-0.3, -0.25) is 19.2 Å². The van der Waals surface area contributed by atoms with Gasteiger partial charge in [0, 0.05) is 33.6 Å². The number of hydrogen-bond acceptors (Lipinski definition) is 43. The van der Waals surface area contributed by atoms with Gasteiger partial charge in [0.1, 0.15) is 177 Å². The molecule has 0 spiro atoms. The number of carbonyl (C=O) groups is 5. The summed E-state index contributed by atoms with van der Waals surface area (Å²) in [6.45, 7) is 2.11. The maximum atomic E-state index is 14.0. The van der Waals surface area contributed by atoms with Gasteiger partial charge in [-0.2, -0.15) is 0 Å². The van der Waals surface area contributed by atoms with Gasteiger partial charge in [-0.15, -0.1) is 0 Å². The topological polar surface area (TPSA) is 746 Å². The number of carboxylic acids is 1. The molecule has 8 aliphatic heterocycles. The Balaban J connectivity index is 1.12. The normalized spacial score (nSPS) is 39.0. The van der Waals surface area contributed by atoms with E-state index in [1.807, 2.05) is 0 Å². The first-order chi connectivity index (χ1) is 67.2. The van der Waals surface area contributed by atoms with Gasteiger partial charge in [0.25, 0.3) is 5.79 Å². The second-order valence-electron chi connectivity index (χ2n) is 38.4. The Morgan fingerprint density at radius 2 is 0.780 bits per heavy atom. The van der Waals surface area contributed by atoms with Crippen molar-refractivity contribution in [2.45, 2.75) is 498 Å². The molecule has 8 heterocycles. The zero-order valence-corrected chi connectivity index (χ0v) is 81.7. The van der Waals surface area contributed by atoms with Crippen LogP contribution in [0.25, 0.3) is 0 Å². The lowest BCUT2D eigenvalue weighted by Crippen LogP contribution is -2.72. The van der Waals surface area contributed by atoms with Crippen molar-refractivity contribution in [1.82, 2.24) is 21.3 Å². The molecule has 0 bridgehead atoms. The van der Waals surface area contributed by atoms with Crippen LogP contribution in [0.3, 0.4) is 0 Å². The molecular weight excluding hydrogens is 1880 g/mol. The highest BCUT2D eigenvalue weighted by atomic mass is 16.8. The number of amides is 4. The number of ether oxygens (including phenoxy) is 16. The molecule has 0 aromatic rings. The molecule has 0 aromatic heterocycles. The van der Waals surface area contributed by atoms with Crippen molar-refractivity contribution in [3.05, 3.63) is 12.2 Å². The van der Waals surface area contributed by atoms with Gasteiger partial charge in [0.15, 0.2) is 44.0 Å². The van der Waals surface area contributed by atoms with Crippen molar-refractivity contribution in [3.63, 3.8) is 0 Å². The average Bonchev–Trinajstić information content (AvgIpc) is 0.751. The summed E-state index contributed by atoms with van der Waals surface area (Å²) in [6.07, 6.45) is -48.2. The molecule has 16 unspecified atom stereocenters. The fraction of sp³-hybridized carbons (Fsp3) is 0.925. The minimum absolute atomic E-state index is 0.0846. The molecule has 820 valence electrons. The first kappa shape index (κ1) is 122. The van der Waals surface area contributed by atoms with E-state index in [1.165, 1.54) is 116 Å². The summed E-state index contributed by atoms with van der Waals surface area (Å²) >= 11 is 0. The summed E-state index contributed by atoms with van der Waals surface area (Å²) in [7, 11) is 0. The van der Waals surface area contributed by atoms with Gasteiger partial charge in [-0.1, -0.05) is 180 Å². The third-order valence-corrected chi connectivity index (χ3v) is 27.2. The summed E-state index contributed by atoms with van der Waals surface area (Å²) in [4.78, 5) is 67.2. The molecule has 48 nitrogen and oxygen atoms in total. The zero-order chi connectivity index (χ0) is 104. The molecule has 0 radical (unpaired) electrons. The van der Waals surface area contributed by atoms with Crippen molar-refractivity contribution >= 4 is 29.6 Å². The van der Waals surface area contributed by atoms with Crippen LogP contribution in [0.4, 0.5) is 0 Å². The zero-order valence-electron chi connectivity index (χ0n) is 81.7. The van der Waals surface area contributed by atoms with E-state index < -0.39 is 345 Å². The standard InChI is InChI=1S/C93H164N4O44/c1-8-10-12-14-16-18-20-22-23-25-27-29-31-33-35-37-60(109)97-51(52(106)36-34-32-30-28-26-24-21-19-17-15-13-11-9-2)44-126-87-75(121)72(118)78(57(42-101)133-87)135-90-76(122)83(69(115)59(134-90)45-127-85-62(95-49(6)104)80(67(113)55(40-99)130-85)137-89-74(120)71(117)65(111)47(4)129-89)139-86-63(96-50(7)105)82(79(58(43-102)132-86)136-88-73(119)70(116)64(110)46(3)128-88)138-91-77(123)84(68(114)56(41-100)131-91)141-93(92(124)125)38-53(107)61(94-48(5)103)81(140-93)66(112)54(108)39-98/h34,36,46-47,51-59,61-91,98-102,106-108,110-123H,8-33,35,37-45H2,1-7H3,(H,94,103)(H,95,104)(H,96,105)(H,97,109)(H,124,125)/b36-34+/t46?,47?,51-,52+,53?,54+,55?,56?,57?,58?,59?,61+,62?,63?,64+,65+,66+,67+,68-,69-,70?,71?,72+,73-,74-,75?,76?,77?,78+,79+,80+,81?,82+,83-,84-,85+,86-,87+,88+,89+,90-,91-,93-/m0/s1. The number of hydrogen-bond donors (Lipinski definition) is 27. The van der Waals surface area contributed by atoms with Crippen LogP contribution >= 0.6 is 0 Å². The maximum absolute atomic E-state index is 14.0. The lowest BCUT2D eigenvalue weighted by atomic mass is 9.88. The second kappa shape index (κ2) is 61.0. The molecule has 0 aliphatic carbocycles. The number of aliphatic hydroxyl groups excluding tert-OH is 22. The molecule has 8 saturated heterocycles. The molecule has 4 amide bonds. The Bertz CT molecular complexity index is 3600. The quantitative estimate of drug-likeness (QED) is 0.0200. The van der Waals surface area contributed by atoms with E-state index in [4.69, 9.17) is 75.8 Å². The third kappa shape index (κ3) is 34.6. The lowest BCUT2D eigenvalue weighted by Gasteiger charge is -2.52. The highest BCUT2D eigenvalue weighted by Crippen LogP contribution is 2.43. The molecule has 8 aliphatic rings. The Morgan fingerprint density at radius 1 is 0.390 bits per heavy atom. The number of carboxylic acid groups (broad SMARTS) is 1. The Kier molecular flexibility index (Phi) is 52.7. The van der Waals surface area contributed by atoms with E-state index in [9.17, 15) is 141 Å². The number of aliphatic carboxylic acids is 1. The second-order valence-corrected chi connectivity index (χ2v) is 38.4. The van der Waals surface area contributed by atoms with Gasteiger partial charge >= 0.3 is 5.97 Å². The van der Waals surface area contributed by atoms with Gasteiger partial charge < -0.3 is 215 Å². The molecule has 0 aromatic carbocycles. The molecule has 8 fully saturated rings. The Morgan fingerprint density at radius 3 is 1.27 bits per heavy atom. The third-order valence-electron chi connectivity index (χ3n) is 27.2. The van der Waals surface area contributed by atoms with Crippen LogP contribution in [-0.2, 0) is 99.8 Å². The smallest absolute Gasteiger partial charge is 0.364 e. The summed E-state index contributed by atoms with van der Waals surface area (Å²) in [6, 6.07) is -6.98. The van der Waals surface area contributed by atoms with Crippen LogP contribution in [0.2, 0.25) is 0 Å². The number of unbranched alkanes of at least 4 members (excludes halogenated alkanes) is 25. The summed E-state index contributed by atoms with van der Waals surface area (Å²) in [5, 5.41) is 273. The summed E-state index contributed by atoms with van der Waals surface area (Å²) in [5.74, 6) is -8.85. The lowest BCUT2D eigenvalue weighted by molar-refractivity contribution is -0.400. The van der Waals surface area contributed by atoms with E-state index >= 15 is 0 Å². The van der Waals surface area contributed by atoms with E-state index in [2.05, 4.69) is 35.1 Å². The summed E-state index contributed by atoms with van der Waals surface area (Å²) < 4.78 is 98.0. The minimum atomic E-state index is -3.38. The van der Waals surface area contributed by atoms with Crippen LogP contribution in [0.5, 0.6) is 0 Å². The Labute approximate surface area is 821 Å². The summed E-state index contributed by atoms with van der Waals surface area (Å²) in [5.41, 5.74) is 0. The van der Waals surface area contributed by atoms with E-state index in [-0.39, 0.29) is 6.42 Å². The minimum Gasteiger partial charge on any atom is -0.477 e. The number of carbonyl (C=O) groups excluding carboxylic acids is 4. The van der Waals surface area contributed by atoms with Crippen molar-refractivity contribution in [2.75, 3.05) is 46.2 Å². The molecule has 48 heteroatoms. The van der Waals surface area contributed by atoms with Gasteiger partial charge in [0.05, 0.1) is 82.7 Å². The fourth-order valence-corrected chi connectivity index (χ4v) is 19.0. The number of aliphatic hydroxyl groups is 22. The van der Waals surface area contributed by atoms with Gasteiger partial charge in [0.2, 0.25) is 23.6 Å². The van der Waals surface area contributed by atoms with Gasteiger partial charge in [-0.25, -0.2) is 4.79 Å². The van der Waals surface area contributed by atoms with Crippen LogP contribution in [0.1, 0.15) is 235 Å². The van der Waals surface area contributed by atoms with Crippen LogP contribution < -0.4 is 21.3 Å². The van der Waals surface area contributed by atoms with E-state index in [0.717, 1.165) is 85.0 Å². The number of rotatable bonds is 60. The largest absolute Gasteiger partial charge is 0.477 e. The van der Waals surface area contributed by atoms with Crippen LogP contribution in [0, 0.1) is 0 Å². The predicted molar refractivity (Wildman–Crippen MR) is 485 cm³/mol. The molecule has 141 heavy (non-hydrogen) atoms. The highest BCUT2D eigenvalue weighted by Gasteiger charge is 2.63. The first-order valence-electron chi connectivity index (χ1n) is 50.3. The number of allylic oxidation sites excluding steroid dienone is 1. The van der Waals surface area contributed by atoms with Crippen molar-refractivity contribution < 1.29 is 217 Å². The first-order valence-corrected chi connectivity index (χ1v) is 50.3. The molecule has 27 N–H and O–H groups in total. The van der Waals surface area contributed by atoms with Crippen molar-refractivity contribution in [3.8, 4) is 0 Å². The predicted octanol–water partition coefficient (Wildman–Crippen LogP) is -5.37. The molecular formula is C93H164N4O44. The number of nitrogens with one attached hydrogen (secondary N) is 4. The fourth-order valence-electron chi connectivity index (χ4n) is 19.0. The van der Waals surface area contributed by atoms with Crippen molar-refractivity contribution in [1.29, 1.82) is 0 Å². The van der Waals surface area contributed by atoms with E-state index in [0.29, 0.717) is 12.8 Å². The van der Waals surface area contributed by atoms with Crippen molar-refractivity contribution in [2.24, 2.45) is 0 Å². The molecule has 43 atom stereocenters. The average molecular weight is 2040 g/mol. The van der Waals surface area contributed by atoms with E-state index in [1.54, 1.807) is 6.08 Å². The highest BCUT2D eigenvalue weighted by molar-refractivity contribution is 5.77. The molecule has 8 rings (SSSR count).